The van der Waals surface area contributed by atoms with Crippen molar-refractivity contribution in [2.75, 3.05) is 0 Å². The van der Waals surface area contributed by atoms with Gasteiger partial charge in [0.1, 0.15) is 0 Å². The molecule has 0 aliphatic rings. The molecular formula is C52H28N4S. The van der Waals surface area contributed by atoms with Crippen LogP contribution in [0.2, 0.25) is 0 Å². The Balaban J connectivity index is 1.31. The maximum atomic E-state index is 5.62. The van der Waals surface area contributed by atoms with Gasteiger partial charge < -0.3 is 4.40 Å². The molecule has 0 aliphatic heterocycles. The fraction of sp³-hybridized carbons (Fsp3) is 0. The zero-order valence-corrected chi connectivity index (χ0v) is 31.2. The Morgan fingerprint density at radius 2 is 1.12 bits per heavy atom. The predicted molar refractivity (Wildman–Crippen MR) is 242 cm³/mol. The molecule has 9 aromatic carbocycles. The van der Waals surface area contributed by atoms with Gasteiger partial charge in [0.15, 0.2) is 0 Å². The lowest BCUT2D eigenvalue weighted by molar-refractivity contribution is 1.02. The summed E-state index contributed by atoms with van der Waals surface area (Å²) in [6.45, 7) is 0. The average molecular weight is 741 g/mol. The Morgan fingerprint density at radius 1 is 0.404 bits per heavy atom. The Morgan fingerprint density at radius 3 is 2.02 bits per heavy atom. The molecule has 0 radical (unpaired) electrons. The third-order valence-corrected chi connectivity index (χ3v) is 13.6. The van der Waals surface area contributed by atoms with E-state index in [2.05, 4.69) is 179 Å². The molecule has 0 fully saturated rings. The Bertz CT molecular complexity index is 4040. The van der Waals surface area contributed by atoms with Crippen LogP contribution in [0.5, 0.6) is 0 Å². The molecule has 0 N–H and O–H groups in total. The van der Waals surface area contributed by atoms with Crippen molar-refractivity contribution in [2.45, 2.75) is 0 Å². The van der Waals surface area contributed by atoms with Crippen molar-refractivity contribution in [3.63, 3.8) is 0 Å². The highest BCUT2D eigenvalue weighted by Crippen LogP contribution is 2.50. The van der Waals surface area contributed by atoms with Crippen LogP contribution in [0.25, 0.3) is 130 Å². The maximum Gasteiger partial charge on any atom is 0.235 e. The minimum Gasteiger partial charge on any atom is -0.308 e. The third-order valence-electron chi connectivity index (χ3n) is 12.4. The summed E-state index contributed by atoms with van der Waals surface area (Å²) >= 11 is 1.87. The second kappa shape index (κ2) is 10.7. The molecule has 0 amide bonds. The Labute approximate surface area is 328 Å². The lowest BCUT2D eigenvalue weighted by Crippen LogP contribution is -2.04. The molecule has 57 heavy (non-hydrogen) atoms. The molecule has 262 valence electrons. The highest BCUT2D eigenvalue weighted by atomic mass is 32.1. The molecule has 0 saturated carbocycles. The normalized spacial score (nSPS) is 12.6. The zero-order valence-electron chi connectivity index (χ0n) is 30.4. The fourth-order valence-corrected chi connectivity index (χ4v) is 11.3. The van der Waals surface area contributed by atoms with Crippen molar-refractivity contribution >= 4 is 124 Å². The minimum absolute atomic E-state index is 0.673. The molecule has 5 heterocycles. The first-order chi connectivity index (χ1) is 28.3. The predicted octanol–water partition coefficient (Wildman–Crippen LogP) is 14.2. The number of nitrogens with zero attached hydrogens (tertiary/aromatic N) is 4. The number of rotatable bonds is 2. The van der Waals surface area contributed by atoms with Crippen LogP contribution in [-0.2, 0) is 0 Å². The van der Waals surface area contributed by atoms with Gasteiger partial charge in [0.2, 0.25) is 5.95 Å². The highest BCUT2D eigenvalue weighted by molar-refractivity contribution is 7.26. The van der Waals surface area contributed by atoms with Gasteiger partial charge in [-0.25, -0.2) is 9.97 Å². The summed E-state index contributed by atoms with van der Waals surface area (Å²) in [7, 11) is 0. The molecule has 0 unspecified atom stereocenters. The first-order valence-electron chi connectivity index (χ1n) is 19.4. The van der Waals surface area contributed by atoms with Crippen LogP contribution in [-0.4, -0.2) is 18.9 Å². The van der Waals surface area contributed by atoms with E-state index >= 15 is 0 Å². The number of hydrogen-bond donors (Lipinski definition) is 0. The van der Waals surface area contributed by atoms with Crippen molar-refractivity contribution in [2.24, 2.45) is 0 Å². The van der Waals surface area contributed by atoms with Crippen molar-refractivity contribution in [3.8, 4) is 17.2 Å². The van der Waals surface area contributed by atoms with Gasteiger partial charge in [-0.15, -0.1) is 11.3 Å². The third kappa shape index (κ3) is 3.77. The largest absolute Gasteiger partial charge is 0.308 e. The smallest absolute Gasteiger partial charge is 0.235 e. The lowest BCUT2D eigenvalue weighted by Gasteiger charge is -2.14. The average Bonchev–Trinajstić information content (AvgIpc) is 3.90. The van der Waals surface area contributed by atoms with Gasteiger partial charge in [0.25, 0.3) is 0 Å². The summed E-state index contributed by atoms with van der Waals surface area (Å²) < 4.78 is 7.46. The van der Waals surface area contributed by atoms with E-state index in [-0.39, 0.29) is 0 Å². The van der Waals surface area contributed by atoms with E-state index in [1.165, 1.54) is 79.8 Å². The first-order valence-corrected chi connectivity index (χ1v) is 20.2. The summed E-state index contributed by atoms with van der Waals surface area (Å²) in [6, 6.07) is 61.9. The van der Waals surface area contributed by atoms with Crippen LogP contribution in [0.4, 0.5) is 0 Å². The topological polar surface area (TPSA) is 35.1 Å². The van der Waals surface area contributed by atoms with E-state index in [0.717, 1.165) is 44.0 Å². The van der Waals surface area contributed by atoms with Gasteiger partial charge in [-0.1, -0.05) is 133 Å². The minimum atomic E-state index is 0.673. The maximum absolute atomic E-state index is 5.62. The lowest BCUT2D eigenvalue weighted by atomic mass is 9.98. The SMILES string of the molecule is c1ccc(-c2nc(-n3c4cccc5c4c4c3c3sc6ccccc6c3cc4n3c4ccccc4c4cc6ccccc6c5c43)nc3c2ccc2ccccc23)cc1. The quantitative estimate of drug-likeness (QED) is 0.165. The van der Waals surface area contributed by atoms with Crippen LogP contribution >= 0.6 is 11.3 Å². The van der Waals surface area contributed by atoms with Gasteiger partial charge in [-0.3, -0.25) is 4.57 Å². The number of fused-ring (bicyclic) bond motifs is 14. The van der Waals surface area contributed by atoms with Crippen LogP contribution < -0.4 is 0 Å². The molecule has 5 heteroatoms. The molecule has 0 spiro atoms. The van der Waals surface area contributed by atoms with Crippen molar-refractivity contribution in [1.82, 2.24) is 18.9 Å². The van der Waals surface area contributed by atoms with E-state index < -0.39 is 0 Å². The Kier molecular flexibility index (Phi) is 5.62. The number of thiophene rings is 1. The van der Waals surface area contributed by atoms with E-state index in [9.17, 15) is 0 Å². The van der Waals surface area contributed by atoms with Crippen molar-refractivity contribution < 1.29 is 0 Å². The number of benzene rings is 9. The van der Waals surface area contributed by atoms with Crippen LogP contribution in [0, 0.1) is 0 Å². The molecule has 0 saturated heterocycles. The van der Waals surface area contributed by atoms with E-state index in [1.54, 1.807) is 0 Å². The monoisotopic (exact) mass is 740 g/mol. The number of aromatic nitrogens is 4. The van der Waals surface area contributed by atoms with Crippen LogP contribution in [0.15, 0.2) is 170 Å². The molecular weight excluding hydrogens is 713 g/mol. The van der Waals surface area contributed by atoms with Crippen LogP contribution in [0.1, 0.15) is 0 Å². The van der Waals surface area contributed by atoms with Gasteiger partial charge in [0.05, 0.1) is 43.5 Å². The summed E-state index contributed by atoms with van der Waals surface area (Å²) in [6.07, 6.45) is 0. The number of para-hydroxylation sites is 1. The summed E-state index contributed by atoms with van der Waals surface area (Å²) in [5, 5.41) is 15.8. The van der Waals surface area contributed by atoms with Crippen LogP contribution in [0.3, 0.4) is 0 Å². The van der Waals surface area contributed by atoms with Gasteiger partial charge >= 0.3 is 0 Å². The molecule has 0 atom stereocenters. The molecule has 5 aromatic heterocycles. The summed E-state index contributed by atoms with van der Waals surface area (Å²) in [5.74, 6) is 0.673. The molecule has 4 nitrogen and oxygen atoms in total. The standard InChI is InChI=1S/C52H28N4S/c1-2-14-30(15-3-1)47-37-26-25-29-13-4-7-18-33(29)48(37)54-52(53-47)56-41-23-12-21-36-44-32-17-6-5-16-31(32)27-38-34-19-8-10-22-40(34)55(49(38)44)42-28-39-35-20-9-11-24-43(35)57-51(39)50(56)46(42)45(36)41/h1-28H. The summed E-state index contributed by atoms with van der Waals surface area (Å²) in [4.78, 5) is 11.2. The zero-order chi connectivity index (χ0) is 36.9. The summed E-state index contributed by atoms with van der Waals surface area (Å²) in [5.41, 5.74) is 8.84. The highest BCUT2D eigenvalue weighted by Gasteiger charge is 2.27. The molecule has 0 bridgehead atoms. The fourth-order valence-electron chi connectivity index (χ4n) is 10.1. The molecule has 0 aliphatic carbocycles. The molecule has 14 rings (SSSR count). The van der Waals surface area contributed by atoms with Gasteiger partial charge in [-0.2, -0.15) is 0 Å². The van der Waals surface area contributed by atoms with Crippen molar-refractivity contribution in [1.29, 1.82) is 0 Å². The molecule has 14 aromatic rings. The first kappa shape index (κ1) is 29.9. The second-order valence-corrected chi connectivity index (χ2v) is 16.3. The second-order valence-electron chi connectivity index (χ2n) is 15.3. The van der Waals surface area contributed by atoms with E-state index in [1.807, 2.05) is 11.3 Å². The van der Waals surface area contributed by atoms with Crippen molar-refractivity contribution in [3.05, 3.63) is 170 Å². The van der Waals surface area contributed by atoms with E-state index in [4.69, 9.17) is 9.97 Å². The van der Waals surface area contributed by atoms with Gasteiger partial charge in [0, 0.05) is 58.7 Å². The number of hydrogen-bond acceptors (Lipinski definition) is 3. The Hall–Kier alpha value is -7.34. The van der Waals surface area contributed by atoms with E-state index in [0.29, 0.717) is 5.95 Å². The van der Waals surface area contributed by atoms with Gasteiger partial charge in [-0.05, 0) is 57.9 Å².